The normalized spacial score (nSPS) is 20.3. The molecule has 24 heavy (non-hydrogen) atoms. The topological polar surface area (TPSA) is 93.3 Å². The molecule has 0 saturated heterocycles. The number of benzene rings is 1. The molecule has 3 rings (SSSR count). The minimum atomic E-state index is -0.371. The number of nitrogens with two attached hydrogens (primary N) is 1. The Labute approximate surface area is 152 Å². The number of amidine groups is 1. The highest BCUT2D eigenvalue weighted by molar-refractivity contribution is 9.10. The average Bonchev–Trinajstić information content (AvgIpc) is 2.55. The van der Waals surface area contributed by atoms with Gasteiger partial charge in [0.2, 0.25) is 5.82 Å². The van der Waals surface area contributed by atoms with Gasteiger partial charge in [-0.15, -0.1) is 0 Å². The Bertz CT molecular complexity index is 795. The summed E-state index contributed by atoms with van der Waals surface area (Å²) in [6.07, 6.45) is 3.97. The van der Waals surface area contributed by atoms with Gasteiger partial charge in [-0.25, -0.2) is 9.97 Å². The molecule has 0 saturated carbocycles. The molecule has 0 spiro atoms. The zero-order chi connectivity index (χ0) is 17.2. The number of rotatable bonds is 3. The van der Waals surface area contributed by atoms with Crippen molar-refractivity contribution in [2.24, 2.45) is 10.7 Å². The number of halogens is 1. The molecule has 1 aliphatic rings. The van der Waals surface area contributed by atoms with Crippen LogP contribution < -0.4 is 11.1 Å². The van der Waals surface area contributed by atoms with Crippen LogP contribution in [0.4, 0.5) is 5.69 Å². The van der Waals surface area contributed by atoms with Gasteiger partial charge in [0, 0.05) is 23.8 Å². The van der Waals surface area contributed by atoms with Gasteiger partial charge in [0.05, 0.1) is 10.0 Å². The molecule has 0 aliphatic carbocycles. The van der Waals surface area contributed by atoms with Crippen molar-refractivity contribution in [2.75, 3.05) is 11.1 Å². The minimum Gasteiger partial charge on any atom is -0.379 e. The van der Waals surface area contributed by atoms with E-state index in [1.807, 2.05) is 24.3 Å². The predicted molar refractivity (Wildman–Crippen MR) is 100 cm³/mol. The molecule has 2 heterocycles. The lowest BCUT2D eigenvalue weighted by Crippen LogP contribution is -2.28. The Balaban J connectivity index is 1.82. The molecule has 1 atom stereocenters. The summed E-state index contributed by atoms with van der Waals surface area (Å²) < 4.78 is 0.722. The second-order valence-corrected chi connectivity index (χ2v) is 7.61. The maximum atomic E-state index is 12.2. The highest BCUT2D eigenvalue weighted by Gasteiger charge is 2.29. The summed E-state index contributed by atoms with van der Waals surface area (Å²) in [6.45, 7) is 2.05. The van der Waals surface area contributed by atoms with Gasteiger partial charge >= 0.3 is 0 Å². The smallest absolute Gasteiger partial charge is 0.293 e. The Hall–Kier alpha value is -1.93. The van der Waals surface area contributed by atoms with Crippen LogP contribution >= 0.6 is 27.7 Å². The van der Waals surface area contributed by atoms with Crippen molar-refractivity contribution >= 4 is 44.5 Å². The predicted octanol–water partition coefficient (Wildman–Crippen LogP) is 3.16. The van der Waals surface area contributed by atoms with Crippen molar-refractivity contribution in [1.29, 1.82) is 0 Å². The van der Waals surface area contributed by atoms with E-state index in [4.69, 9.17) is 5.73 Å². The number of hydrogen-bond acceptors (Lipinski definition) is 6. The number of nitrogens with zero attached hydrogens (tertiary/aromatic N) is 3. The van der Waals surface area contributed by atoms with E-state index in [1.54, 1.807) is 11.8 Å². The molecule has 1 unspecified atom stereocenters. The quantitative estimate of drug-likeness (QED) is 0.817. The number of amides is 1. The van der Waals surface area contributed by atoms with E-state index in [0.29, 0.717) is 10.9 Å². The summed E-state index contributed by atoms with van der Waals surface area (Å²) in [6, 6.07) is 7.64. The van der Waals surface area contributed by atoms with Crippen LogP contribution in [0.1, 0.15) is 29.5 Å². The molecular formula is C16H16BrN5OS. The molecule has 3 N–H and O–H groups in total. The van der Waals surface area contributed by atoms with E-state index < -0.39 is 0 Å². The minimum absolute atomic E-state index is 0.117. The molecule has 0 radical (unpaired) electrons. The van der Waals surface area contributed by atoms with Crippen LogP contribution in [-0.2, 0) is 5.54 Å². The number of nitrogens with one attached hydrogen (secondary N) is 1. The van der Waals surface area contributed by atoms with Crippen molar-refractivity contribution < 1.29 is 4.79 Å². The third-order valence-corrected chi connectivity index (χ3v) is 4.97. The molecule has 0 fully saturated rings. The fourth-order valence-corrected chi connectivity index (χ4v) is 3.62. The van der Waals surface area contributed by atoms with E-state index in [9.17, 15) is 4.79 Å². The monoisotopic (exact) mass is 405 g/mol. The van der Waals surface area contributed by atoms with Crippen LogP contribution in [0.25, 0.3) is 0 Å². The Morgan fingerprint density at radius 2 is 2.12 bits per heavy atom. The van der Waals surface area contributed by atoms with Crippen LogP contribution in [-0.4, -0.2) is 26.8 Å². The lowest BCUT2D eigenvalue weighted by molar-refractivity contribution is 0.101. The van der Waals surface area contributed by atoms with Crippen LogP contribution in [0.15, 0.2) is 46.1 Å². The van der Waals surface area contributed by atoms with Gasteiger partial charge in [0.15, 0.2) is 5.17 Å². The molecule has 2 aromatic rings. The number of hydrogen-bond donors (Lipinski definition) is 2. The van der Waals surface area contributed by atoms with Crippen molar-refractivity contribution in [3.63, 3.8) is 0 Å². The molecule has 0 bridgehead atoms. The van der Waals surface area contributed by atoms with Crippen LogP contribution in [0.3, 0.4) is 0 Å². The fraction of sp³-hybridized carbons (Fsp3) is 0.250. The number of carbonyl (C=O) groups excluding carboxylic acids is 1. The van der Waals surface area contributed by atoms with E-state index in [-0.39, 0.29) is 17.3 Å². The molecule has 124 valence electrons. The largest absolute Gasteiger partial charge is 0.379 e. The molecule has 1 aliphatic heterocycles. The highest BCUT2D eigenvalue weighted by atomic mass is 79.9. The van der Waals surface area contributed by atoms with Gasteiger partial charge in [0.25, 0.3) is 5.91 Å². The standard InChI is InChI=1S/C16H16BrN5OS/c1-16(5-6-24-15(18)22-16)10-3-2-4-12(7-10)21-14(23)13-19-8-11(17)9-20-13/h2-4,7-9H,5-6H2,1H3,(H2,18,22)(H,21,23). The van der Waals surface area contributed by atoms with E-state index in [0.717, 1.165) is 22.2 Å². The van der Waals surface area contributed by atoms with Gasteiger partial charge in [-0.05, 0) is 47.0 Å². The second kappa shape index (κ2) is 6.90. The first-order chi connectivity index (χ1) is 11.5. The fourth-order valence-electron chi connectivity index (χ4n) is 2.44. The van der Waals surface area contributed by atoms with Crippen LogP contribution in [0.5, 0.6) is 0 Å². The van der Waals surface area contributed by atoms with Crippen molar-refractivity contribution in [3.05, 3.63) is 52.5 Å². The second-order valence-electron chi connectivity index (χ2n) is 5.58. The highest BCUT2D eigenvalue weighted by Crippen LogP contribution is 2.35. The number of aromatic nitrogens is 2. The van der Waals surface area contributed by atoms with Crippen LogP contribution in [0, 0.1) is 0 Å². The summed E-state index contributed by atoms with van der Waals surface area (Å²) in [7, 11) is 0. The molecule has 1 amide bonds. The summed E-state index contributed by atoms with van der Waals surface area (Å²) in [5.74, 6) is 0.688. The average molecular weight is 406 g/mol. The van der Waals surface area contributed by atoms with Gasteiger partial charge in [-0.2, -0.15) is 0 Å². The number of thioether (sulfide) groups is 1. The first-order valence-electron chi connectivity index (χ1n) is 7.34. The maximum absolute atomic E-state index is 12.2. The molecule has 8 heteroatoms. The summed E-state index contributed by atoms with van der Waals surface area (Å²) >= 11 is 4.81. The van der Waals surface area contributed by atoms with Gasteiger partial charge < -0.3 is 11.1 Å². The number of aliphatic imine (C=N–C) groups is 1. The zero-order valence-electron chi connectivity index (χ0n) is 13.0. The zero-order valence-corrected chi connectivity index (χ0v) is 15.4. The van der Waals surface area contributed by atoms with E-state index in [1.165, 1.54) is 12.4 Å². The Morgan fingerprint density at radius 1 is 1.38 bits per heavy atom. The number of anilines is 1. The van der Waals surface area contributed by atoms with E-state index in [2.05, 4.69) is 43.1 Å². The Morgan fingerprint density at radius 3 is 2.83 bits per heavy atom. The first kappa shape index (κ1) is 16.9. The third-order valence-electron chi connectivity index (χ3n) is 3.76. The summed E-state index contributed by atoms with van der Waals surface area (Å²) in [5.41, 5.74) is 7.20. The van der Waals surface area contributed by atoms with Gasteiger partial charge in [-0.1, -0.05) is 23.9 Å². The van der Waals surface area contributed by atoms with Gasteiger partial charge in [-0.3, -0.25) is 9.79 Å². The number of carbonyl (C=O) groups is 1. The lowest BCUT2D eigenvalue weighted by atomic mass is 9.89. The molecule has 1 aromatic heterocycles. The SMILES string of the molecule is CC1(c2cccc(NC(=O)c3ncc(Br)cn3)c2)CCSC(N)=N1. The lowest BCUT2D eigenvalue weighted by Gasteiger charge is -2.30. The van der Waals surface area contributed by atoms with E-state index >= 15 is 0 Å². The molecule has 1 aromatic carbocycles. The van der Waals surface area contributed by atoms with Crippen molar-refractivity contribution in [3.8, 4) is 0 Å². The van der Waals surface area contributed by atoms with Crippen molar-refractivity contribution in [2.45, 2.75) is 18.9 Å². The Kier molecular flexibility index (Phi) is 4.86. The van der Waals surface area contributed by atoms with Crippen molar-refractivity contribution in [1.82, 2.24) is 9.97 Å². The maximum Gasteiger partial charge on any atom is 0.293 e. The summed E-state index contributed by atoms with van der Waals surface area (Å²) in [4.78, 5) is 24.8. The molecular weight excluding hydrogens is 390 g/mol. The van der Waals surface area contributed by atoms with Crippen LogP contribution in [0.2, 0.25) is 0 Å². The third kappa shape index (κ3) is 3.76. The first-order valence-corrected chi connectivity index (χ1v) is 9.12. The van der Waals surface area contributed by atoms with Gasteiger partial charge in [0.1, 0.15) is 0 Å². The molecule has 6 nitrogen and oxygen atoms in total. The summed E-state index contributed by atoms with van der Waals surface area (Å²) in [5, 5.41) is 3.42.